The van der Waals surface area contributed by atoms with Crippen molar-refractivity contribution in [1.29, 1.82) is 0 Å². The molecule has 0 saturated heterocycles. The van der Waals surface area contributed by atoms with Crippen LogP contribution < -0.4 is 0 Å². The van der Waals surface area contributed by atoms with Crippen LogP contribution in [0.5, 0.6) is 0 Å². The minimum absolute atomic E-state index is 0.0648. The van der Waals surface area contributed by atoms with Gasteiger partial charge in [0.15, 0.2) is 0 Å². The van der Waals surface area contributed by atoms with Crippen LogP contribution in [-0.4, -0.2) is 21.9 Å². The van der Waals surface area contributed by atoms with Crippen LogP contribution in [0.3, 0.4) is 0 Å². The topological polar surface area (TPSA) is 40.5 Å². The van der Waals surface area contributed by atoms with Gasteiger partial charge in [-0.1, -0.05) is 20.8 Å². The standard InChI is InChI=1S/2C5H12O/c1-4-5(2,3)6;1-3-5(6)4-2/h6H,4H2,1-3H3;5-6H,3-4H2,1-2H3. The SMILES string of the molecule is CCC(C)(C)O.CCC(O)CC. The molecule has 0 amide bonds. The van der Waals surface area contributed by atoms with Gasteiger partial charge >= 0.3 is 0 Å². The van der Waals surface area contributed by atoms with E-state index in [9.17, 15) is 0 Å². The highest BCUT2D eigenvalue weighted by atomic mass is 16.3. The van der Waals surface area contributed by atoms with E-state index in [2.05, 4.69) is 0 Å². The molecule has 0 aromatic heterocycles. The van der Waals surface area contributed by atoms with Gasteiger partial charge in [0.25, 0.3) is 0 Å². The van der Waals surface area contributed by atoms with Crippen LogP contribution >= 0.6 is 0 Å². The van der Waals surface area contributed by atoms with E-state index >= 15 is 0 Å². The lowest BCUT2D eigenvalue weighted by Crippen LogP contribution is -2.15. The maximum atomic E-state index is 8.83. The molecular formula is C10H24O2. The van der Waals surface area contributed by atoms with Gasteiger partial charge in [-0.25, -0.2) is 0 Å². The molecule has 0 aliphatic carbocycles. The van der Waals surface area contributed by atoms with Crippen LogP contribution in [0.2, 0.25) is 0 Å². The lowest BCUT2D eigenvalue weighted by Gasteiger charge is -2.11. The largest absolute Gasteiger partial charge is 0.393 e. The van der Waals surface area contributed by atoms with E-state index in [0.29, 0.717) is 0 Å². The fourth-order valence-electron chi connectivity index (χ4n) is 0.289. The van der Waals surface area contributed by atoms with Crippen LogP contribution in [0.4, 0.5) is 0 Å². The van der Waals surface area contributed by atoms with Gasteiger partial charge < -0.3 is 10.2 Å². The highest BCUT2D eigenvalue weighted by Crippen LogP contribution is 2.03. The van der Waals surface area contributed by atoms with E-state index in [0.717, 1.165) is 19.3 Å². The Morgan fingerprint density at radius 2 is 1.33 bits per heavy atom. The normalized spacial score (nSPS) is 11.0. The maximum Gasteiger partial charge on any atom is 0.0589 e. The van der Waals surface area contributed by atoms with E-state index in [4.69, 9.17) is 10.2 Å². The van der Waals surface area contributed by atoms with Crippen LogP contribution in [0.25, 0.3) is 0 Å². The van der Waals surface area contributed by atoms with Crippen molar-refractivity contribution in [3.63, 3.8) is 0 Å². The molecule has 2 nitrogen and oxygen atoms in total. The number of hydrogen-bond donors (Lipinski definition) is 2. The first-order valence-electron chi connectivity index (χ1n) is 4.77. The number of hydrogen-bond acceptors (Lipinski definition) is 2. The second kappa shape index (κ2) is 7.56. The summed E-state index contributed by atoms with van der Waals surface area (Å²) in [6.07, 6.45) is 2.53. The van der Waals surface area contributed by atoms with Gasteiger partial charge in [0, 0.05) is 0 Å². The Hall–Kier alpha value is -0.0800. The van der Waals surface area contributed by atoms with Crippen LogP contribution in [-0.2, 0) is 0 Å². The Kier molecular flexibility index (Phi) is 9.10. The smallest absolute Gasteiger partial charge is 0.0589 e. The van der Waals surface area contributed by atoms with Crippen molar-refractivity contribution in [2.75, 3.05) is 0 Å². The molecule has 2 heteroatoms. The van der Waals surface area contributed by atoms with Gasteiger partial charge in [-0.15, -0.1) is 0 Å². The first kappa shape index (κ1) is 14.4. The van der Waals surface area contributed by atoms with Gasteiger partial charge in [0.1, 0.15) is 0 Å². The second-order valence-corrected chi connectivity index (χ2v) is 3.64. The predicted octanol–water partition coefficient (Wildman–Crippen LogP) is 2.33. The molecule has 0 fully saturated rings. The minimum Gasteiger partial charge on any atom is -0.393 e. The monoisotopic (exact) mass is 176 g/mol. The molecule has 76 valence electrons. The molecule has 0 heterocycles. The molecule has 2 N–H and O–H groups in total. The fourth-order valence-corrected chi connectivity index (χ4v) is 0.289. The third-order valence-corrected chi connectivity index (χ3v) is 1.81. The Morgan fingerprint density at radius 1 is 1.08 bits per heavy atom. The van der Waals surface area contributed by atoms with Gasteiger partial charge in [-0.05, 0) is 33.1 Å². The lowest BCUT2D eigenvalue weighted by atomic mass is 10.1. The van der Waals surface area contributed by atoms with E-state index in [1.807, 2.05) is 20.8 Å². The molecule has 0 saturated carbocycles. The van der Waals surface area contributed by atoms with Crippen molar-refractivity contribution in [2.24, 2.45) is 0 Å². The molecule has 0 aromatic carbocycles. The van der Waals surface area contributed by atoms with Crippen molar-refractivity contribution < 1.29 is 10.2 Å². The zero-order valence-electron chi connectivity index (χ0n) is 9.09. The molecule has 0 radical (unpaired) electrons. The van der Waals surface area contributed by atoms with Crippen molar-refractivity contribution in [3.8, 4) is 0 Å². The molecule has 0 bridgehead atoms. The fraction of sp³-hybridized carbons (Fsp3) is 1.00. The lowest BCUT2D eigenvalue weighted by molar-refractivity contribution is 0.0765. The van der Waals surface area contributed by atoms with Gasteiger partial charge in [0.05, 0.1) is 11.7 Å². The quantitative estimate of drug-likeness (QED) is 0.693. The second-order valence-electron chi connectivity index (χ2n) is 3.64. The summed E-state index contributed by atoms with van der Waals surface area (Å²) in [5.74, 6) is 0. The summed E-state index contributed by atoms with van der Waals surface area (Å²) < 4.78 is 0. The van der Waals surface area contributed by atoms with Gasteiger partial charge in [-0.3, -0.25) is 0 Å². The predicted molar refractivity (Wildman–Crippen MR) is 53.2 cm³/mol. The summed E-state index contributed by atoms with van der Waals surface area (Å²) in [5.41, 5.74) is -0.458. The average Bonchev–Trinajstić information content (AvgIpc) is 2.03. The zero-order valence-corrected chi connectivity index (χ0v) is 9.09. The van der Waals surface area contributed by atoms with E-state index < -0.39 is 5.60 Å². The Bertz CT molecular complexity index is 80.3. The number of aliphatic hydroxyl groups is 2. The number of rotatable bonds is 3. The molecule has 0 aliphatic heterocycles. The summed E-state index contributed by atoms with van der Waals surface area (Å²) in [7, 11) is 0. The van der Waals surface area contributed by atoms with Gasteiger partial charge in [-0.2, -0.15) is 0 Å². The first-order valence-corrected chi connectivity index (χ1v) is 4.77. The summed E-state index contributed by atoms with van der Waals surface area (Å²) >= 11 is 0. The van der Waals surface area contributed by atoms with Crippen LogP contribution in [0.1, 0.15) is 53.9 Å². The first-order chi connectivity index (χ1) is 5.37. The summed E-state index contributed by atoms with van der Waals surface area (Å²) in [4.78, 5) is 0. The van der Waals surface area contributed by atoms with Crippen molar-refractivity contribution >= 4 is 0 Å². The molecule has 0 spiro atoms. The van der Waals surface area contributed by atoms with E-state index in [-0.39, 0.29) is 6.10 Å². The molecule has 0 aliphatic rings. The molecule has 0 unspecified atom stereocenters. The van der Waals surface area contributed by atoms with E-state index in [1.165, 1.54) is 0 Å². The Labute approximate surface area is 76.6 Å². The molecule has 0 aromatic rings. The highest BCUT2D eigenvalue weighted by Gasteiger charge is 2.05. The average molecular weight is 176 g/mol. The van der Waals surface area contributed by atoms with Crippen molar-refractivity contribution in [3.05, 3.63) is 0 Å². The summed E-state index contributed by atoms with van der Waals surface area (Å²) in [5, 5.41) is 17.5. The molecule has 0 rings (SSSR count). The summed E-state index contributed by atoms with van der Waals surface area (Å²) in [6, 6.07) is 0. The number of aliphatic hydroxyl groups excluding tert-OH is 1. The minimum atomic E-state index is -0.458. The third-order valence-electron chi connectivity index (χ3n) is 1.81. The maximum absolute atomic E-state index is 8.83. The molecule has 0 atom stereocenters. The van der Waals surface area contributed by atoms with Gasteiger partial charge in [0.2, 0.25) is 0 Å². The van der Waals surface area contributed by atoms with E-state index in [1.54, 1.807) is 13.8 Å². The highest BCUT2D eigenvalue weighted by molar-refractivity contribution is 4.59. The van der Waals surface area contributed by atoms with Crippen LogP contribution in [0, 0.1) is 0 Å². The third kappa shape index (κ3) is 16.5. The molecular weight excluding hydrogens is 152 g/mol. The Balaban J connectivity index is 0. The summed E-state index contributed by atoms with van der Waals surface area (Å²) in [6.45, 7) is 9.52. The zero-order chi connectivity index (χ0) is 10.2. The van der Waals surface area contributed by atoms with Crippen molar-refractivity contribution in [1.82, 2.24) is 0 Å². The Morgan fingerprint density at radius 3 is 1.33 bits per heavy atom. The van der Waals surface area contributed by atoms with Crippen molar-refractivity contribution in [2.45, 2.75) is 65.6 Å². The van der Waals surface area contributed by atoms with Crippen LogP contribution in [0.15, 0.2) is 0 Å². The molecule has 12 heavy (non-hydrogen) atoms.